The minimum absolute atomic E-state index is 0.348. The molecule has 0 saturated carbocycles. The number of rotatable bonds is 9. The molecular weight excluding hydrogens is 188 g/mol. The van der Waals surface area contributed by atoms with Crippen molar-refractivity contribution >= 4 is 5.97 Å². The number of hydrogen-bond acceptors (Lipinski definition) is 1. The zero-order valence-corrected chi connectivity index (χ0v) is 10.1. The van der Waals surface area contributed by atoms with Gasteiger partial charge >= 0.3 is 5.97 Å². The maximum Gasteiger partial charge on any atom is 0.330 e. The Bertz CT molecular complexity index is 197. The minimum atomic E-state index is -0.850. The largest absolute Gasteiger partial charge is 0.478 e. The highest BCUT2D eigenvalue weighted by Gasteiger charge is 2.08. The molecule has 2 nitrogen and oxygen atoms in total. The Labute approximate surface area is 93.4 Å². The molecule has 88 valence electrons. The quantitative estimate of drug-likeness (QED) is 0.586. The summed E-state index contributed by atoms with van der Waals surface area (Å²) in [5.74, 6) is -0.0804. The average Bonchev–Trinajstić information content (AvgIpc) is 2.22. The van der Waals surface area contributed by atoms with Crippen molar-refractivity contribution in [3.05, 3.63) is 12.2 Å². The molecule has 0 bridgehead atoms. The van der Waals surface area contributed by atoms with E-state index >= 15 is 0 Å². The maximum atomic E-state index is 10.5. The summed E-state index contributed by atoms with van der Waals surface area (Å²) in [4.78, 5) is 10.5. The van der Waals surface area contributed by atoms with Gasteiger partial charge in [-0.1, -0.05) is 52.5 Å². The molecule has 1 unspecified atom stereocenters. The molecular formula is C13H24O2. The van der Waals surface area contributed by atoms with Crippen LogP contribution in [0.1, 0.15) is 58.8 Å². The van der Waals surface area contributed by atoms with E-state index in [-0.39, 0.29) is 0 Å². The van der Waals surface area contributed by atoms with Crippen LogP contribution in [0.5, 0.6) is 0 Å². The second-order valence-electron chi connectivity index (χ2n) is 4.22. The summed E-state index contributed by atoms with van der Waals surface area (Å²) >= 11 is 0. The van der Waals surface area contributed by atoms with E-state index in [1.54, 1.807) is 0 Å². The lowest BCUT2D eigenvalue weighted by atomic mass is 9.93. The Hall–Kier alpha value is -0.790. The van der Waals surface area contributed by atoms with Crippen molar-refractivity contribution in [2.24, 2.45) is 5.92 Å². The third-order valence-electron chi connectivity index (χ3n) is 2.94. The van der Waals surface area contributed by atoms with Gasteiger partial charge in [0.25, 0.3) is 0 Å². The van der Waals surface area contributed by atoms with E-state index in [4.69, 9.17) is 5.11 Å². The first-order valence-electron chi connectivity index (χ1n) is 6.02. The van der Waals surface area contributed by atoms with Crippen LogP contribution in [0.15, 0.2) is 12.2 Å². The first kappa shape index (κ1) is 14.2. The highest BCUT2D eigenvalue weighted by atomic mass is 16.4. The van der Waals surface area contributed by atoms with Gasteiger partial charge in [-0.15, -0.1) is 0 Å². The van der Waals surface area contributed by atoms with E-state index in [1.165, 1.54) is 25.7 Å². The van der Waals surface area contributed by atoms with Gasteiger partial charge in [-0.25, -0.2) is 4.79 Å². The van der Waals surface area contributed by atoms with Crippen LogP contribution in [-0.4, -0.2) is 11.1 Å². The smallest absolute Gasteiger partial charge is 0.330 e. The highest BCUT2D eigenvalue weighted by Crippen LogP contribution is 2.20. The van der Waals surface area contributed by atoms with E-state index in [2.05, 4.69) is 20.4 Å². The molecule has 15 heavy (non-hydrogen) atoms. The highest BCUT2D eigenvalue weighted by molar-refractivity contribution is 5.85. The van der Waals surface area contributed by atoms with Crippen LogP contribution in [0.25, 0.3) is 0 Å². The topological polar surface area (TPSA) is 37.3 Å². The SMILES string of the molecule is C=C(CCCC(CC)CCCC)C(=O)O. The molecule has 0 aliphatic rings. The summed E-state index contributed by atoms with van der Waals surface area (Å²) in [7, 11) is 0. The average molecular weight is 212 g/mol. The Morgan fingerprint density at radius 2 is 1.87 bits per heavy atom. The van der Waals surface area contributed by atoms with E-state index in [9.17, 15) is 4.79 Å². The van der Waals surface area contributed by atoms with Crippen LogP contribution in [0.4, 0.5) is 0 Å². The molecule has 0 spiro atoms. The lowest BCUT2D eigenvalue weighted by Gasteiger charge is -2.13. The van der Waals surface area contributed by atoms with Gasteiger partial charge < -0.3 is 5.11 Å². The standard InChI is InChI=1S/C13H24O2/c1-4-6-9-12(5-2)10-7-8-11(3)13(14)15/h12H,3-10H2,1-2H3,(H,14,15). The molecule has 0 saturated heterocycles. The van der Waals surface area contributed by atoms with Crippen molar-refractivity contribution in [3.8, 4) is 0 Å². The van der Waals surface area contributed by atoms with E-state index in [0.717, 1.165) is 18.8 Å². The van der Waals surface area contributed by atoms with Crippen molar-refractivity contribution in [1.29, 1.82) is 0 Å². The molecule has 2 heteroatoms. The minimum Gasteiger partial charge on any atom is -0.478 e. The van der Waals surface area contributed by atoms with Crippen molar-refractivity contribution in [1.82, 2.24) is 0 Å². The van der Waals surface area contributed by atoms with E-state index < -0.39 is 5.97 Å². The van der Waals surface area contributed by atoms with E-state index in [1.807, 2.05) is 0 Å². The van der Waals surface area contributed by atoms with Crippen molar-refractivity contribution in [2.75, 3.05) is 0 Å². The summed E-state index contributed by atoms with van der Waals surface area (Å²) in [6.45, 7) is 7.96. The van der Waals surface area contributed by atoms with E-state index in [0.29, 0.717) is 12.0 Å². The van der Waals surface area contributed by atoms with Crippen molar-refractivity contribution in [2.45, 2.75) is 58.8 Å². The summed E-state index contributed by atoms with van der Waals surface area (Å²) in [5, 5.41) is 8.65. The number of carbonyl (C=O) groups is 1. The number of carboxylic acids is 1. The van der Waals surface area contributed by atoms with Crippen molar-refractivity contribution in [3.63, 3.8) is 0 Å². The monoisotopic (exact) mass is 212 g/mol. The zero-order valence-electron chi connectivity index (χ0n) is 10.1. The zero-order chi connectivity index (χ0) is 11.7. The van der Waals surface area contributed by atoms with Gasteiger partial charge in [0.05, 0.1) is 0 Å². The molecule has 1 N–H and O–H groups in total. The maximum absolute atomic E-state index is 10.5. The number of unbranched alkanes of at least 4 members (excludes halogenated alkanes) is 1. The van der Waals surface area contributed by atoms with Crippen LogP contribution in [0, 0.1) is 5.92 Å². The van der Waals surface area contributed by atoms with Crippen LogP contribution in [0.3, 0.4) is 0 Å². The fourth-order valence-corrected chi connectivity index (χ4v) is 1.76. The van der Waals surface area contributed by atoms with Gasteiger partial charge in [-0.2, -0.15) is 0 Å². The van der Waals surface area contributed by atoms with Crippen LogP contribution in [-0.2, 0) is 4.79 Å². The van der Waals surface area contributed by atoms with Gasteiger partial charge in [0.2, 0.25) is 0 Å². The third kappa shape index (κ3) is 7.18. The first-order chi connectivity index (χ1) is 7.11. The normalized spacial score (nSPS) is 12.4. The van der Waals surface area contributed by atoms with Gasteiger partial charge in [0.15, 0.2) is 0 Å². The molecule has 0 aromatic rings. The predicted molar refractivity (Wildman–Crippen MR) is 63.9 cm³/mol. The lowest BCUT2D eigenvalue weighted by molar-refractivity contribution is -0.132. The van der Waals surface area contributed by atoms with Gasteiger partial charge in [0.1, 0.15) is 0 Å². The number of aliphatic carboxylic acids is 1. The molecule has 0 rings (SSSR count). The molecule has 0 amide bonds. The number of hydrogen-bond donors (Lipinski definition) is 1. The van der Waals surface area contributed by atoms with Crippen LogP contribution >= 0.6 is 0 Å². The van der Waals surface area contributed by atoms with Crippen molar-refractivity contribution < 1.29 is 9.90 Å². The molecule has 0 aliphatic carbocycles. The molecule has 0 radical (unpaired) electrons. The fraction of sp³-hybridized carbons (Fsp3) is 0.769. The third-order valence-corrected chi connectivity index (χ3v) is 2.94. The Balaban J connectivity index is 3.62. The molecule has 0 heterocycles. The molecule has 0 aromatic carbocycles. The lowest BCUT2D eigenvalue weighted by Crippen LogP contribution is -2.02. The Morgan fingerprint density at radius 3 is 2.33 bits per heavy atom. The Kier molecular flexibility index (Phi) is 8.06. The summed E-state index contributed by atoms with van der Waals surface area (Å²) in [6.07, 6.45) is 7.77. The van der Waals surface area contributed by atoms with Gasteiger partial charge in [0, 0.05) is 5.57 Å². The van der Waals surface area contributed by atoms with Gasteiger partial charge in [-0.05, 0) is 18.8 Å². The van der Waals surface area contributed by atoms with Crippen LogP contribution in [0.2, 0.25) is 0 Å². The molecule has 0 aliphatic heterocycles. The predicted octanol–water partition coefficient (Wildman–Crippen LogP) is 4.01. The second-order valence-corrected chi connectivity index (χ2v) is 4.22. The summed E-state index contributed by atoms with van der Waals surface area (Å²) < 4.78 is 0. The first-order valence-corrected chi connectivity index (χ1v) is 6.02. The molecule has 1 atom stereocenters. The second kappa shape index (κ2) is 8.51. The Morgan fingerprint density at radius 1 is 1.27 bits per heavy atom. The summed E-state index contributed by atoms with van der Waals surface area (Å²) in [5.41, 5.74) is 0.348. The van der Waals surface area contributed by atoms with Crippen LogP contribution < -0.4 is 0 Å². The van der Waals surface area contributed by atoms with Gasteiger partial charge in [-0.3, -0.25) is 0 Å². The number of carboxylic acid groups (broad SMARTS) is 1. The molecule has 0 aromatic heterocycles. The molecule has 0 fully saturated rings. The fourth-order valence-electron chi connectivity index (χ4n) is 1.76. The summed E-state index contributed by atoms with van der Waals surface area (Å²) in [6, 6.07) is 0.